The van der Waals surface area contributed by atoms with Gasteiger partial charge in [-0.2, -0.15) is 18.2 Å². The van der Waals surface area contributed by atoms with E-state index in [1.54, 1.807) is 4.90 Å². The Morgan fingerprint density at radius 2 is 1.68 bits per heavy atom. The molecule has 11 nitrogen and oxygen atoms in total. The maximum Gasteiger partial charge on any atom is 0.490 e. The van der Waals surface area contributed by atoms with Gasteiger partial charge in [0.15, 0.2) is 0 Å². The number of rotatable bonds is 9. The summed E-state index contributed by atoms with van der Waals surface area (Å²) < 4.78 is 42.5. The van der Waals surface area contributed by atoms with Gasteiger partial charge in [0.25, 0.3) is 11.7 Å². The van der Waals surface area contributed by atoms with Crippen LogP contribution in [0.25, 0.3) is 0 Å². The zero-order valence-electron chi connectivity index (χ0n) is 21.2. The summed E-state index contributed by atoms with van der Waals surface area (Å²) in [5.74, 6) is -3.15. The molecule has 14 heteroatoms. The standard InChI is InChI=1S/C22H34N4O5.C2HF3O2/c27-19(28)13-17(8-4-7-16-5-2-1-3-6-16)21-23-20(24-31-21)22(29)26-14-18(15-26)25-9-11-30-12-10-25;3-2(4,5)1(6)7/h16-18H,1-15H2,(H,27,28);(H,6,7)/t17-;/m1./s1. The summed E-state index contributed by atoms with van der Waals surface area (Å²) in [4.78, 5) is 41.4. The van der Waals surface area contributed by atoms with Crippen LogP contribution in [0.15, 0.2) is 4.52 Å². The van der Waals surface area contributed by atoms with E-state index in [9.17, 15) is 27.9 Å². The molecule has 1 aromatic heterocycles. The second-order valence-electron chi connectivity index (χ2n) is 10.0. The number of carbonyl (C=O) groups excluding carboxylic acids is 1. The number of carboxylic acids is 2. The highest BCUT2D eigenvalue weighted by molar-refractivity contribution is 5.91. The molecule has 214 valence electrons. The third kappa shape index (κ3) is 8.93. The van der Waals surface area contributed by atoms with Crippen molar-refractivity contribution in [2.24, 2.45) is 5.92 Å². The van der Waals surface area contributed by atoms with Crippen LogP contribution in [0.2, 0.25) is 0 Å². The van der Waals surface area contributed by atoms with Crippen LogP contribution in [-0.4, -0.2) is 99.6 Å². The van der Waals surface area contributed by atoms with Crippen molar-refractivity contribution in [2.75, 3.05) is 39.4 Å². The van der Waals surface area contributed by atoms with Crippen LogP contribution in [0, 0.1) is 5.92 Å². The number of aromatic nitrogens is 2. The number of carbonyl (C=O) groups is 3. The summed E-state index contributed by atoms with van der Waals surface area (Å²) in [6, 6.07) is 0.360. The molecule has 0 aromatic carbocycles. The van der Waals surface area contributed by atoms with Crippen molar-refractivity contribution in [3.63, 3.8) is 0 Å². The lowest BCUT2D eigenvalue weighted by Crippen LogP contribution is -2.62. The number of hydrogen-bond acceptors (Lipinski definition) is 8. The quantitative estimate of drug-likeness (QED) is 0.472. The van der Waals surface area contributed by atoms with Gasteiger partial charge < -0.3 is 24.4 Å². The average Bonchev–Trinajstić information content (AvgIpc) is 3.34. The number of carboxylic acid groups (broad SMARTS) is 2. The number of amides is 1. The third-order valence-electron chi connectivity index (χ3n) is 7.25. The van der Waals surface area contributed by atoms with Crippen molar-refractivity contribution >= 4 is 17.8 Å². The van der Waals surface area contributed by atoms with Crippen LogP contribution in [-0.2, 0) is 14.3 Å². The molecule has 38 heavy (non-hydrogen) atoms. The molecule has 4 rings (SSSR count). The number of alkyl halides is 3. The van der Waals surface area contributed by atoms with Crippen LogP contribution in [0.4, 0.5) is 13.2 Å². The molecule has 0 bridgehead atoms. The van der Waals surface area contributed by atoms with Crippen LogP contribution in [0.1, 0.15) is 80.2 Å². The molecule has 1 amide bonds. The highest BCUT2D eigenvalue weighted by Crippen LogP contribution is 2.31. The van der Waals surface area contributed by atoms with Crippen molar-refractivity contribution in [1.29, 1.82) is 0 Å². The zero-order chi connectivity index (χ0) is 27.7. The van der Waals surface area contributed by atoms with E-state index in [2.05, 4.69) is 15.0 Å². The highest BCUT2D eigenvalue weighted by Gasteiger charge is 2.39. The van der Waals surface area contributed by atoms with Gasteiger partial charge in [0.2, 0.25) is 5.89 Å². The normalized spacial score (nSPS) is 20.2. The highest BCUT2D eigenvalue weighted by atomic mass is 19.4. The number of morpholine rings is 1. The van der Waals surface area contributed by atoms with Crippen molar-refractivity contribution in [3.05, 3.63) is 11.7 Å². The van der Waals surface area contributed by atoms with E-state index in [-0.39, 0.29) is 30.0 Å². The average molecular weight is 549 g/mol. The molecule has 3 aliphatic rings. The Balaban J connectivity index is 0.000000505. The number of nitrogens with zero attached hydrogens (tertiary/aromatic N) is 4. The first-order valence-corrected chi connectivity index (χ1v) is 13.0. The largest absolute Gasteiger partial charge is 0.490 e. The molecule has 0 spiro atoms. The molecule has 2 saturated heterocycles. The maximum absolute atomic E-state index is 12.7. The van der Waals surface area contributed by atoms with Crippen LogP contribution < -0.4 is 0 Å². The van der Waals surface area contributed by atoms with Gasteiger partial charge in [-0.05, 0) is 12.3 Å². The Kier molecular flexibility index (Phi) is 10.9. The monoisotopic (exact) mass is 548 g/mol. The lowest BCUT2D eigenvalue weighted by molar-refractivity contribution is -0.192. The molecule has 0 unspecified atom stereocenters. The Morgan fingerprint density at radius 3 is 2.26 bits per heavy atom. The Morgan fingerprint density at radius 1 is 1.05 bits per heavy atom. The summed E-state index contributed by atoms with van der Waals surface area (Å²) in [6.45, 7) is 4.59. The molecule has 1 aromatic rings. The number of ether oxygens (including phenoxy) is 1. The van der Waals surface area contributed by atoms with Crippen molar-refractivity contribution in [2.45, 2.75) is 75.9 Å². The molecule has 1 atom stereocenters. The summed E-state index contributed by atoms with van der Waals surface area (Å²) in [5, 5.41) is 20.3. The first kappa shape index (κ1) is 29.8. The molecule has 0 radical (unpaired) electrons. The van der Waals surface area contributed by atoms with E-state index >= 15 is 0 Å². The SMILES string of the molecule is O=C(O)C(F)(F)F.O=C(O)C[C@@H](CCCC1CCCCC1)c1nc(C(=O)N2CC(N3CCOCC3)C2)no1. The van der Waals surface area contributed by atoms with Crippen molar-refractivity contribution in [3.8, 4) is 0 Å². The van der Waals surface area contributed by atoms with E-state index < -0.39 is 18.1 Å². The van der Waals surface area contributed by atoms with E-state index in [0.29, 0.717) is 25.6 Å². The lowest BCUT2D eigenvalue weighted by atomic mass is 9.84. The van der Waals surface area contributed by atoms with Crippen molar-refractivity contribution < 1.29 is 47.0 Å². The van der Waals surface area contributed by atoms with Gasteiger partial charge in [-0.1, -0.05) is 50.1 Å². The van der Waals surface area contributed by atoms with E-state index in [4.69, 9.17) is 19.2 Å². The first-order valence-electron chi connectivity index (χ1n) is 13.0. The summed E-state index contributed by atoms with van der Waals surface area (Å²) >= 11 is 0. The fourth-order valence-corrected chi connectivity index (χ4v) is 5.08. The van der Waals surface area contributed by atoms with E-state index in [1.165, 1.54) is 32.1 Å². The minimum atomic E-state index is -5.08. The van der Waals surface area contributed by atoms with Gasteiger partial charge in [-0.3, -0.25) is 14.5 Å². The molecule has 3 heterocycles. The zero-order valence-corrected chi connectivity index (χ0v) is 21.2. The second kappa shape index (κ2) is 13.9. The predicted molar refractivity (Wildman–Crippen MR) is 125 cm³/mol. The minimum Gasteiger partial charge on any atom is -0.481 e. The van der Waals surface area contributed by atoms with Gasteiger partial charge in [0.05, 0.1) is 19.6 Å². The number of aliphatic carboxylic acids is 2. The molecule has 3 fully saturated rings. The fraction of sp³-hybridized carbons (Fsp3) is 0.792. The van der Waals surface area contributed by atoms with Gasteiger partial charge >= 0.3 is 18.1 Å². The third-order valence-corrected chi connectivity index (χ3v) is 7.25. The summed E-state index contributed by atoms with van der Waals surface area (Å²) in [6.07, 6.45) is 4.14. The van der Waals surface area contributed by atoms with Crippen molar-refractivity contribution in [1.82, 2.24) is 19.9 Å². The molecule has 1 saturated carbocycles. The molecule has 1 aliphatic carbocycles. The second-order valence-corrected chi connectivity index (χ2v) is 10.0. The number of hydrogen-bond donors (Lipinski definition) is 2. The van der Waals surface area contributed by atoms with Crippen LogP contribution >= 0.6 is 0 Å². The Hall–Kier alpha value is -2.74. The molecule has 2 N–H and O–H groups in total. The molecule has 2 aliphatic heterocycles. The summed E-state index contributed by atoms with van der Waals surface area (Å²) in [7, 11) is 0. The smallest absolute Gasteiger partial charge is 0.481 e. The van der Waals surface area contributed by atoms with Gasteiger partial charge in [0.1, 0.15) is 0 Å². The molecular formula is C24H35F3N4O7. The van der Waals surface area contributed by atoms with E-state index in [1.807, 2.05) is 0 Å². The lowest BCUT2D eigenvalue weighted by Gasteiger charge is -2.46. The van der Waals surface area contributed by atoms with Gasteiger partial charge in [-0.15, -0.1) is 0 Å². The number of likely N-dealkylation sites (tertiary alicyclic amines) is 1. The summed E-state index contributed by atoms with van der Waals surface area (Å²) in [5.41, 5.74) is 0. The van der Waals surface area contributed by atoms with Gasteiger partial charge in [-0.25, -0.2) is 4.79 Å². The van der Waals surface area contributed by atoms with Gasteiger partial charge in [0, 0.05) is 38.1 Å². The predicted octanol–water partition coefficient (Wildman–Crippen LogP) is 3.17. The van der Waals surface area contributed by atoms with Crippen LogP contribution in [0.5, 0.6) is 0 Å². The Labute approximate surface area is 218 Å². The topological polar surface area (TPSA) is 146 Å². The minimum absolute atomic E-state index is 0.0399. The first-order chi connectivity index (χ1) is 18.0. The maximum atomic E-state index is 12.7. The fourth-order valence-electron chi connectivity index (χ4n) is 5.08. The Bertz CT molecular complexity index is 924. The molecular weight excluding hydrogens is 513 g/mol. The van der Waals surface area contributed by atoms with Crippen LogP contribution in [0.3, 0.4) is 0 Å². The van der Waals surface area contributed by atoms with E-state index in [0.717, 1.165) is 45.1 Å². The number of halogens is 3.